The first-order chi connectivity index (χ1) is 6.26. The fourth-order valence-corrected chi connectivity index (χ4v) is 1.04. The molecule has 4 nitrogen and oxygen atoms in total. The van der Waals surface area contributed by atoms with Gasteiger partial charge in [-0.1, -0.05) is 13.0 Å². The summed E-state index contributed by atoms with van der Waals surface area (Å²) in [6.07, 6.45) is 0. The molecule has 0 aliphatic rings. The first-order valence-electron chi connectivity index (χ1n) is 4.37. The Labute approximate surface area is 78.7 Å². The van der Waals surface area contributed by atoms with Crippen molar-refractivity contribution in [2.24, 2.45) is 5.84 Å². The fourth-order valence-electron chi connectivity index (χ4n) is 1.04. The number of hydrogen-bond donors (Lipinski definition) is 2. The van der Waals surface area contributed by atoms with E-state index in [2.05, 4.69) is 29.3 Å². The summed E-state index contributed by atoms with van der Waals surface area (Å²) in [6, 6.07) is 5.78. The van der Waals surface area contributed by atoms with Crippen LogP contribution < -0.4 is 11.3 Å². The van der Waals surface area contributed by atoms with Gasteiger partial charge in [0.15, 0.2) is 0 Å². The molecule has 0 spiro atoms. The molecule has 0 saturated heterocycles. The lowest BCUT2D eigenvalue weighted by Crippen LogP contribution is -2.18. The zero-order valence-electron chi connectivity index (χ0n) is 8.12. The molecule has 0 unspecified atom stereocenters. The summed E-state index contributed by atoms with van der Waals surface area (Å²) in [7, 11) is 2.06. The van der Waals surface area contributed by atoms with Gasteiger partial charge in [-0.15, -0.1) is 0 Å². The summed E-state index contributed by atoms with van der Waals surface area (Å²) >= 11 is 0. The minimum atomic E-state index is 0.710. The van der Waals surface area contributed by atoms with E-state index in [-0.39, 0.29) is 0 Å². The summed E-state index contributed by atoms with van der Waals surface area (Å²) < 4.78 is 0. The summed E-state index contributed by atoms with van der Waals surface area (Å²) in [5.41, 5.74) is 3.56. The Balaban J connectivity index is 2.66. The van der Waals surface area contributed by atoms with Crippen LogP contribution in [0.15, 0.2) is 18.2 Å². The van der Waals surface area contributed by atoms with E-state index in [0.717, 1.165) is 18.8 Å². The van der Waals surface area contributed by atoms with Crippen LogP contribution in [0, 0.1) is 0 Å². The molecule has 13 heavy (non-hydrogen) atoms. The Kier molecular flexibility index (Phi) is 3.67. The number of hydrazine groups is 1. The highest BCUT2D eigenvalue weighted by Crippen LogP contribution is 2.04. The van der Waals surface area contributed by atoms with Crippen molar-refractivity contribution in [2.45, 2.75) is 13.5 Å². The van der Waals surface area contributed by atoms with Crippen molar-refractivity contribution in [2.75, 3.05) is 19.0 Å². The minimum absolute atomic E-state index is 0.710. The lowest BCUT2D eigenvalue weighted by molar-refractivity contribution is 0.341. The highest BCUT2D eigenvalue weighted by Gasteiger charge is 1.99. The molecule has 0 aliphatic heterocycles. The van der Waals surface area contributed by atoms with Gasteiger partial charge in [0.2, 0.25) is 0 Å². The number of anilines is 1. The third kappa shape index (κ3) is 3.01. The fraction of sp³-hybridized carbons (Fsp3) is 0.444. The van der Waals surface area contributed by atoms with E-state index in [1.807, 2.05) is 18.2 Å². The van der Waals surface area contributed by atoms with E-state index in [1.54, 1.807) is 0 Å². The largest absolute Gasteiger partial charge is 0.308 e. The average molecular weight is 180 g/mol. The van der Waals surface area contributed by atoms with Crippen LogP contribution in [0.2, 0.25) is 0 Å². The Morgan fingerprint density at radius 2 is 2.31 bits per heavy atom. The SMILES string of the molecule is CCN(C)Cc1cccc(NN)n1. The molecule has 0 bridgehead atoms. The zero-order valence-corrected chi connectivity index (χ0v) is 8.12. The molecule has 0 atom stereocenters. The van der Waals surface area contributed by atoms with Crippen molar-refractivity contribution >= 4 is 5.82 Å². The predicted octanol–water partition coefficient (Wildman–Crippen LogP) is 0.819. The lowest BCUT2D eigenvalue weighted by atomic mass is 10.3. The molecule has 1 aromatic heterocycles. The van der Waals surface area contributed by atoms with Gasteiger partial charge in [0.05, 0.1) is 5.69 Å². The van der Waals surface area contributed by atoms with E-state index >= 15 is 0 Å². The standard InChI is InChI=1S/C9H16N4/c1-3-13(2)7-8-5-4-6-9(11-8)12-10/h4-6H,3,7,10H2,1-2H3,(H,11,12). The average Bonchev–Trinajstić information content (AvgIpc) is 2.18. The highest BCUT2D eigenvalue weighted by molar-refractivity contribution is 5.33. The second kappa shape index (κ2) is 4.79. The van der Waals surface area contributed by atoms with E-state index < -0.39 is 0 Å². The van der Waals surface area contributed by atoms with Gasteiger partial charge in [-0.2, -0.15) is 0 Å². The molecule has 1 aromatic rings. The number of pyridine rings is 1. The molecular formula is C9H16N4. The van der Waals surface area contributed by atoms with Crippen LogP contribution in [0.3, 0.4) is 0 Å². The minimum Gasteiger partial charge on any atom is -0.308 e. The van der Waals surface area contributed by atoms with Gasteiger partial charge in [0.1, 0.15) is 5.82 Å². The van der Waals surface area contributed by atoms with Gasteiger partial charge >= 0.3 is 0 Å². The van der Waals surface area contributed by atoms with Crippen LogP contribution in [0.5, 0.6) is 0 Å². The molecule has 1 rings (SSSR count). The Hall–Kier alpha value is -1.13. The predicted molar refractivity (Wildman–Crippen MR) is 54.1 cm³/mol. The van der Waals surface area contributed by atoms with Crippen molar-refractivity contribution < 1.29 is 0 Å². The summed E-state index contributed by atoms with van der Waals surface area (Å²) in [4.78, 5) is 6.48. The molecule has 72 valence electrons. The van der Waals surface area contributed by atoms with Crippen molar-refractivity contribution in [1.82, 2.24) is 9.88 Å². The summed E-state index contributed by atoms with van der Waals surface area (Å²) in [5.74, 6) is 5.97. The van der Waals surface area contributed by atoms with Gasteiger partial charge in [-0.3, -0.25) is 0 Å². The maximum Gasteiger partial charge on any atom is 0.140 e. The number of nitrogens with one attached hydrogen (secondary N) is 1. The molecule has 0 aromatic carbocycles. The van der Waals surface area contributed by atoms with Gasteiger partial charge < -0.3 is 10.3 Å². The van der Waals surface area contributed by atoms with Gasteiger partial charge in [0.25, 0.3) is 0 Å². The van der Waals surface area contributed by atoms with Crippen molar-refractivity contribution in [3.63, 3.8) is 0 Å². The topological polar surface area (TPSA) is 54.2 Å². The second-order valence-electron chi connectivity index (χ2n) is 2.99. The molecular weight excluding hydrogens is 164 g/mol. The van der Waals surface area contributed by atoms with Crippen LogP contribution in [0.25, 0.3) is 0 Å². The Bertz CT molecular complexity index is 262. The van der Waals surface area contributed by atoms with Crippen LogP contribution in [-0.2, 0) is 6.54 Å². The monoisotopic (exact) mass is 180 g/mol. The van der Waals surface area contributed by atoms with Gasteiger partial charge in [-0.25, -0.2) is 10.8 Å². The molecule has 4 heteroatoms. The molecule has 0 radical (unpaired) electrons. The van der Waals surface area contributed by atoms with Gasteiger partial charge in [0, 0.05) is 6.54 Å². The van der Waals surface area contributed by atoms with Crippen LogP contribution >= 0.6 is 0 Å². The van der Waals surface area contributed by atoms with Gasteiger partial charge in [-0.05, 0) is 25.7 Å². The van der Waals surface area contributed by atoms with Crippen LogP contribution in [0.4, 0.5) is 5.82 Å². The summed E-state index contributed by atoms with van der Waals surface area (Å²) in [6.45, 7) is 3.99. The maximum absolute atomic E-state index is 5.26. The number of rotatable bonds is 4. The van der Waals surface area contributed by atoms with E-state index in [4.69, 9.17) is 5.84 Å². The highest BCUT2D eigenvalue weighted by atomic mass is 15.2. The van der Waals surface area contributed by atoms with Crippen molar-refractivity contribution in [1.29, 1.82) is 0 Å². The first kappa shape index (κ1) is 9.95. The molecule has 1 heterocycles. The molecule has 0 fully saturated rings. The summed E-state index contributed by atoms with van der Waals surface area (Å²) in [5, 5.41) is 0. The molecule has 0 aliphatic carbocycles. The van der Waals surface area contributed by atoms with E-state index in [9.17, 15) is 0 Å². The first-order valence-corrected chi connectivity index (χ1v) is 4.37. The number of nitrogens with zero attached hydrogens (tertiary/aromatic N) is 2. The lowest BCUT2D eigenvalue weighted by Gasteiger charge is -2.13. The van der Waals surface area contributed by atoms with E-state index in [0.29, 0.717) is 5.82 Å². The molecule has 0 amide bonds. The quantitative estimate of drug-likeness (QED) is 0.532. The number of aromatic nitrogens is 1. The Morgan fingerprint density at radius 3 is 2.92 bits per heavy atom. The third-order valence-electron chi connectivity index (χ3n) is 1.93. The van der Waals surface area contributed by atoms with E-state index in [1.165, 1.54) is 0 Å². The third-order valence-corrected chi connectivity index (χ3v) is 1.93. The molecule has 3 N–H and O–H groups in total. The Morgan fingerprint density at radius 1 is 1.54 bits per heavy atom. The maximum atomic E-state index is 5.26. The van der Waals surface area contributed by atoms with Crippen molar-refractivity contribution in [3.8, 4) is 0 Å². The van der Waals surface area contributed by atoms with Crippen LogP contribution in [-0.4, -0.2) is 23.5 Å². The van der Waals surface area contributed by atoms with Crippen molar-refractivity contribution in [3.05, 3.63) is 23.9 Å². The second-order valence-corrected chi connectivity index (χ2v) is 2.99. The smallest absolute Gasteiger partial charge is 0.140 e. The van der Waals surface area contributed by atoms with Crippen LogP contribution in [0.1, 0.15) is 12.6 Å². The number of hydrogen-bond acceptors (Lipinski definition) is 4. The molecule has 0 saturated carbocycles. The zero-order chi connectivity index (χ0) is 9.68. The normalized spacial score (nSPS) is 10.5. The number of nitrogens with two attached hydrogens (primary N) is 1. The number of nitrogen functional groups attached to an aromatic ring is 1.